The molecule has 1 aliphatic heterocycles. The smallest absolute Gasteiger partial charge is 0.290 e. The fourth-order valence-corrected chi connectivity index (χ4v) is 6.07. The Morgan fingerprint density at radius 3 is 2.78 bits per heavy atom. The Kier molecular flexibility index (Phi) is 7.61. The molecule has 2 aromatic carbocycles. The number of nitrogens with zero attached hydrogens (tertiary/aromatic N) is 3. The molecular formula is C26H25ClFN3O4S. The number of hydrogen-bond acceptors (Lipinski definition) is 6. The highest BCUT2D eigenvalue weighted by atomic mass is 35.5. The van der Waals surface area contributed by atoms with Gasteiger partial charge in [0.15, 0.2) is 5.82 Å². The van der Waals surface area contributed by atoms with Crippen LogP contribution in [-0.4, -0.2) is 57.5 Å². The lowest BCUT2D eigenvalue weighted by Crippen LogP contribution is -2.53. The van der Waals surface area contributed by atoms with E-state index in [1.807, 2.05) is 19.1 Å². The molecule has 1 aromatic heterocycles. The average Bonchev–Trinajstić information content (AvgIpc) is 3.27. The number of carbonyl (C=O) groups is 2. The van der Waals surface area contributed by atoms with E-state index in [0.29, 0.717) is 30.6 Å². The summed E-state index contributed by atoms with van der Waals surface area (Å²) in [4.78, 5) is 24.3. The largest absolute Gasteiger partial charge is 0.508 e. The van der Waals surface area contributed by atoms with Crippen LogP contribution < -0.4 is 4.90 Å². The quantitative estimate of drug-likeness (QED) is 0.351. The molecule has 10 heteroatoms. The van der Waals surface area contributed by atoms with E-state index >= 15 is 4.39 Å². The molecule has 0 saturated carbocycles. The number of aromatic nitrogens is 1. The lowest BCUT2D eigenvalue weighted by Gasteiger charge is -2.40. The number of phenolic OH excluding ortho intramolecular Hbond substituents is 1. The first kappa shape index (κ1) is 25.7. The van der Waals surface area contributed by atoms with Crippen LogP contribution in [0.25, 0.3) is 28.1 Å². The number of rotatable bonds is 3. The Morgan fingerprint density at radius 2 is 2.08 bits per heavy atom. The van der Waals surface area contributed by atoms with E-state index in [0.717, 1.165) is 29.0 Å². The summed E-state index contributed by atoms with van der Waals surface area (Å²) in [6, 6.07) is 5.10. The lowest BCUT2D eigenvalue weighted by molar-refractivity contribution is -0.126. The fraction of sp³-hybridized carbons (Fsp3) is 0.269. The highest BCUT2D eigenvalue weighted by Gasteiger charge is 2.30. The number of halogens is 2. The number of hydrogen-bond donors (Lipinski definition) is 2. The zero-order chi connectivity index (χ0) is 26.0. The van der Waals surface area contributed by atoms with E-state index in [-0.39, 0.29) is 40.3 Å². The van der Waals surface area contributed by atoms with Gasteiger partial charge in [-0.3, -0.25) is 9.59 Å². The summed E-state index contributed by atoms with van der Waals surface area (Å²) >= 11 is 7.91. The average molecular weight is 530 g/mol. The number of amides is 1. The number of carbonyl (C=O) groups excluding carboxylic acids is 1. The molecule has 3 aromatic rings. The SMILES string of the molecule is C=CC(=O)N1CCN(c2snc3c(F)c(-c4cc(O)cc5c4C=CCC5)c(Cl)cc23)C(C)C1.O=CO. The van der Waals surface area contributed by atoms with Gasteiger partial charge in [-0.2, -0.15) is 4.37 Å². The maximum absolute atomic E-state index is 15.9. The summed E-state index contributed by atoms with van der Waals surface area (Å²) in [5.41, 5.74) is 2.95. The van der Waals surface area contributed by atoms with Gasteiger partial charge in [0.1, 0.15) is 16.3 Å². The van der Waals surface area contributed by atoms with Crippen LogP contribution in [-0.2, 0) is 16.0 Å². The highest BCUT2D eigenvalue weighted by Crippen LogP contribution is 2.44. The van der Waals surface area contributed by atoms with Crippen molar-refractivity contribution in [3.05, 3.63) is 58.9 Å². The number of anilines is 1. The van der Waals surface area contributed by atoms with Gasteiger partial charge in [0.25, 0.3) is 6.47 Å². The maximum Gasteiger partial charge on any atom is 0.290 e. The van der Waals surface area contributed by atoms with Crippen LogP contribution in [0.4, 0.5) is 9.39 Å². The number of aryl methyl sites for hydroxylation is 1. The Morgan fingerprint density at radius 1 is 1.33 bits per heavy atom. The first-order valence-electron chi connectivity index (χ1n) is 11.4. The molecule has 1 atom stereocenters. The van der Waals surface area contributed by atoms with Gasteiger partial charge in [0.2, 0.25) is 5.91 Å². The molecule has 0 spiro atoms. The number of piperazine rings is 1. The van der Waals surface area contributed by atoms with E-state index in [9.17, 15) is 9.90 Å². The Balaban J connectivity index is 0.000000967. The van der Waals surface area contributed by atoms with Crippen molar-refractivity contribution in [1.29, 1.82) is 0 Å². The molecule has 2 aliphatic rings. The zero-order valence-electron chi connectivity index (χ0n) is 19.6. The van der Waals surface area contributed by atoms with E-state index in [2.05, 4.69) is 15.9 Å². The van der Waals surface area contributed by atoms with E-state index in [1.165, 1.54) is 17.6 Å². The second-order valence-electron chi connectivity index (χ2n) is 8.57. The van der Waals surface area contributed by atoms with Gasteiger partial charge in [-0.1, -0.05) is 30.3 Å². The Bertz CT molecular complexity index is 1370. The molecule has 0 bridgehead atoms. The summed E-state index contributed by atoms with van der Waals surface area (Å²) in [6.45, 7) is 7.08. The molecule has 1 aliphatic carbocycles. The lowest BCUT2D eigenvalue weighted by atomic mass is 9.89. The molecule has 1 saturated heterocycles. The van der Waals surface area contributed by atoms with Gasteiger partial charge in [0, 0.05) is 36.6 Å². The molecule has 7 nitrogen and oxygen atoms in total. The van der Waals surface area contributed by atoms with Crippen LogP contribution in [0.1, 0.15) is 24.5 Å². The fourth-order valence-electron chi connectivity index (χ4n) is 4.79. The number of phenols is 1. The summed E-state index contributed by atoms with van der Waals surface area (Å²) in [5.74, 6) is -0.480. The van der Waals surface area contributed by atoms with Gasteiger partial charge >= 0.3 is 0 Å². The summed E-state index contributed by atoms with van der Waals surface area (Å²) in [5, 5.41) is 18.9. The van der Waals surface area contributed by atoms with E-state index in [4.69, 9.17) is 21.5 Å². The molecule has 188 valence electrons. The van der Waals surface area contributed by atoms with E-state index in [1.54, 1.807) is 23.1 Å². The third kappa shape index (κ3) is 4.68. The van der Waals surface area contributed by atoms with Gasteiger partial charge in [-0.15, -0.1) is 0 Å². The molecule has 2 heterocycles. The Labute approximate surface area is 216 Å². The minimum atomic E-state index is -0.486. The van der Waals surface area contributed by atoms with Crippen LogP contribution in [0, 0.1) is 5.82 Å². The molecule has 1 fully saturated rings. The zero-order valence-corrected chi connectivity index (χ0v) is 21.2. The number of benzene rings is 2. The van der Waals surface area contributed by atoms with Crippen LogP contribution >= 0.6 is 23.1 Å². The van der Waals surface area contributed by atoms with E-state index < -0.39 is 5.82 Å². The van der Waals surface area contributed by atoms with Crippen molar-refractivity contribution in [2.45, 2.75) is 25.8 Å². The van der Waals surface area contributed by atoms with Crippen molar-refractivity contribution >= 4 is 57.5 Å². The molecule has 5 rings (SSSR count). The second-order valence-corrected chi connectivity index (χ2v) is 9.73. The summed E-state index contributed by atoms with van der Waals surface area (Å²) < 4.78 is 20.3. The van der Waals surface area contributed by atoms with Crippen LogP contribution in [0.3, 0.4) is 0 Å². The molecule has 1 unspecified atom stereocenters. The molecule has 36 heavy (non-hydrogen) atoms. The number of aromatic hydroxyl groups is 1. The third-order valence-electron chi connectivity index (χ3n) is 6.41. The molecule has 1 amide bonds. The summed E-state index contributed by atoms with van der Waals surface area (Å²) in [7, 11) is 0. The standard InChI is InChI=1S/C25H23ClFN3O2S.CH2O2/c1-3-21(32)29-8-9-30(14(2)13-29)25-19-12-20(26)22(23(27)24(19)28-33-25)18-11-16(31)10-15-6-4-5-7-17(15)18;2-1-3/h3,5,7,10-12,14,31H,1,4,6,8-9,13H2,2H3;1H,(H,2,3). The maximum atomic E-state index is 15.9. The van der Waals surface area contributed by atoms with Gasteiger partial charge in [-0.25, -0.2) is 4.39 Å². The van der Waals surface area contributed by atoms with Crippen LogP contribution in [0.15, 0.2) is 36.9 Å². The van der Waals surface area contributed by atoms with Gasteiger partial charge in [0.05, 0.1) is 5.02 Å². The van der Waals surface area contributed by atoms with Crippen molar-refractivity contribution in [3.8, 4) is 16.9 Å². The van der Waals surface area contributed by atoms with Crippen molar-refractivity contribution in [1.82, 2.24) is 9.27 Å². The van der Waals surface area contributed by atoms with Gasteiger partial charge in [-0.05, 0) is 72.3 Å². The number of fused-ring (bicyclic) bond motifs is 2. The predicted molar refractivity (Wildman–Crippen MR) is 141 cm³/mol. The number of carboxylic acid groups (broad SMARTS) is 1. The molecular weight excluding hydrogens is 505 g/mol. The molecule has 0 radical (unpaired) electrons. The predicted octanol–water partition coefficient (Wildman–Crippen LogP) is 5.34. The highest BCUT2D eigenvalue weighted by molar-refractivity contribution is 7.11. The topological polar surface area (TPSA) is 94.0 Å². The van der Waals surface area contributed by atoms with Crippen LogP contribution in [0.2, 0.25) is 5.02 Å². The number of allylic oxidation sites excluding steroid dienone is 1. The first-order chi connectivity index (χ1) is 17.3. The first-order valence-corrected chi connectivity index (χ1v) is 12.5. The van der Waals surface area contributed by atoms with Gasteiger partial charge < -0.3 is 20.0 Å². The second kappa shape index (κ2) is 10.7. The van der Waals surface area contributed by atoms with Crippen molar-refractivity contribution < 1.29 is 24.2 Å². The summed E-state index contributed by atoms with van der Waals surface area (Å²) in [6.07, 6.45) is 7.01. The minimum absolute atomic E-state index is 0.0380. The minimum Gasteiger partial charge on any atom is -0.508 e. The molecule has 2 N–H and O–H groups in total. The van der Waals surface area contributed by atoms with Crippen molar-refractivity contribution in [2.24, 2.45) is 0 Å². The van der Waals surface area contributed by atoms with Crippen molar-refractivity contribution in [2.75, 3.05) is 24.5 Å². The Hall–Kier alpha value is -3.43. The normalized spacial score (nSPS) is 16.8. The monoisotopic (exact) mass is 529 g/mol. The van der Waals surface area contributed by atoms with Crippen LogP contribution in [0.5, 0.6) is 5.75 Å². The third-order valence-corrected chi connectivity index (χ3v) is 7.60. The van der Waals surface area contributed by atoms with Crippen molar-refractivity contribution in [3.63, 3.8) is 0 Å².